The Bertz CT molecular complexity index is 1400. The zero-order valence-electron chi connectivity index (χ0n) is 23.3. The van der Waals surface area contributed by atoms with Gasteiger partial charge in [-0.15, -0.1) is 0 Å². The molecule has 0 bridgehead atoms. The highest BCUT2D eigenvalue weighted by Crippen LogP contribution is 2.27. The molecule has 2 amide bonds. The number of sulfonamides is 1. The van der Waals surface area contributed by atoms with Crippen molar-refractivity contribution in [2.24, 2.45) is 0 Å². The molecule has 3 rings (SSSR count). The molecule has 0 aliphatic rings. The summed E-state index contributed by atoms with van der Waals surface area (Å²) in [6.07, 6.45) is 0.694. The number of rotatable bonds is 13. The molecule has 0 saturated heterocycles. The summed E-state index contributed by atoms with van der Waals surface area (Å²) < 4.78 is 48.8. The average molecular weight is 570 g/mol. The Balaban J connectivity index is 2.03. The van der Waals surface area contributed by atoms with Crippen molar-refractivity contribution in [3.63, 3.8) is 0 Å². The molecule has 3 aromatic rings. The maximum Gasteiger partial charge on any atom is 0.264 e. The van der Waals surface area contributed by atoms with Crippen LogP contribution in [-0.2, 0) is 26.2 Å². The smallest absolute Gasteiger partial charge is 0.264 e. The largest absolute Gasteiger partial charge is 0.494 e. The van der Waals surface area contributed by atoms with Crippen LogP contribution in [0.3, 0.4) is 0 Å². The number of hydrogen-bond donors (Lipinski definition) is 1. The van der Waals surface area contributed by atoms with Crippen LogP contribution in [0.4, 0.5) is 10.1 Å². The number of amides is 2. The molecular weight excluding hydrogens is 533 g/mol. The highest BCUT2D eigenvalue weighted by Gasteiger charge is 2.32. The number of nitrogens with one attached hydrogen (secondary N) is 1. The van der Waals surface area contributed by atoms with E-state index in [0.29, 0.717) is 25.3 Å². The van der Waals surface area contributed by atoms with E-state index in [1.165, 1.54) is 35.2 Å². The van der Waals surface area contributed by atoms with Crippen LogP contribution in [0, 0.1) is 12.7 Å². The van der Waals surface area contributed by atoms with Gasteiger partial charge in [0.1, 0.15) is 24.2 Å². The minimum Gasteiger partial charge on any atom is -0.494 e. The molecule has 1 unspecified atom stereocenters. The maximum absolute atomic E-state index is 14.6. The van der Waals surface area contributed by atoms with Gasteiger partial charge in [0.05, 0.1) is 17.2 Å². The molecule has 0 aliphatic heterocycles. The fraction of sp³-hybridized carbons (Fsp3) is 0.333. The van der Waals surface area contributed by atoms with Crippen LogP contribution in [0.1, 0.15) is 38.3 Å². The van der Waals surface area contributed by atoms with Crippen LogP contribution in [0.25, 0.3) is 0 Å². The number of halogens is 1. The minimum atomic E-state index is -4.20. The summed E-state index contributed by atoms with van der Waals surface area (Å²) in [6, 6.07) is 17.7. The Hall–Kier alpha value is -3.92. The van der Waals surface area contributed by atoms with Crippen molar-refractivity contribution in [1.29, 1.82) is 0 Å². The van der Waals surface area contributed by atoms with Crippen molar-refractivity contribution < 1.29 is 27.1 Å². The van der Waals surface area contributed by atoms with Gasteiger partial charge in [0, 0.05) is 18.7 Å². The quantitative estimate of drug-likeness (QED) is 0.323. The van der Waals surface area contributed by atoms with E-state index in [1.807, 2.05) is 20.8 Å². The van der Waals surface area contributed by atoms with Gasteiger partial charge in [-0.25, -0.2) is 12.8 Å². The molecule has 0 heterocycles. The van der Waals surface area contributed by atoms with Crippen molar-refractivity contribution >= 4 is 27.5 Å². The first-order valence-corrected chi connectivity index (χ1v) is 14.6. The number of aryl methyl sites for hydroxylation is 1. The molecule has 3 aromatic carbocycles. The Labute approximate surface area is 235 Å². The normalized spacial score (nSPS) is 11.9. The van der Waals surface area contributed by atoms with E-state index in [4.69, 9.17) is 4.74 Å². The second-order valence-electron chi connectivity index (χ2n) is 9.33. The van der Waals surface area contributed by atoms with E-state index in [2.05, 4.69) is 5.32 Å². The molecule has 8 nitrogen and oxygen atoms in total. The highest BCUT2D eigenvalue weighted by molar-refractivity contribution is 7.92. The lowest BCUT2D eigenvalue weighted by Crippen LogP contribution is -2.51. The van der Waals surface area contributed by atoms with Gasteiger partial charge >= 0.3 is 0 Å². The maximum atomic E-state index is 14.6. The van der Waals surface area contributed by atoms with Crippen molar-refractivity contribution in [2.75, 3.05) is 24.0 Å². The second-order valence-corrected chi connectivity index (χ2v) is 11.2. The summed E-state index contributed by atoms with van der Waals surface area (Å²) in [7, 11) is -4.20. The van der Waals surface area contributed by atoms with E-state index in [-0.39, 0.29) is 22.7 Å². The van der Waals surface area contributed by atoms with Crippen LogP contribution < -0.4 is 14.4 Å². The molecule has 1 N–H and O–H groups in total. The molecule has 40 heavy (non-hydrogen) atoms. The van der Waals surface area contributed by atoms with Gasteiger partial charge in [-0.3, -0.25) is 13.9 Å². The number of carbonyl (C=O) groups excluding carboxylic acids is 2. The van der Waals surface area contributed by atoms with Crippen LogP contribution in [-0.4, -0.2) is 50.9 Å². The third kappa shape index (κ3) is 7.59. The van der Waals surface area contributed by atoms with Gasteiger partial charge in [-0.05, 0) is 69.7 Å². The van der Waals surface area contributed by atoms with Crippen molar-refractivity contribution in [1.82, 2.24) is 10.2 Å². The molecule has 1 atom stereocenters. The molecule has 0 aliphatic carbocycles. The lowest BCUT2D eigenvalue weighted by Gasteiger charge is -2.32. The fourth-order valence-corrected chi connectivity index (χ4v) is 5.44. The second kappa shape index (κ2) is 13.9. The summed E-state index contributed by atoms with van der Waals surface area (Å²) in [6.45, 7) is 7.14. The van der Waals surface area contributed by atoms with Gasteiger partial charge in [-0.1, -0.05) is 42.8 Å². The highest BCUT2D eigenvalue weighted by atomic mass is 32.2. The molecule has 0 spiro atoms. The Morgan fingerprint density at radius 2 is 1.62 bits per heavy atom. The van der Waals surface area contributed by atoms with Crippen LogP contribution in [0.2, 0.25) is 0 Å². The molecule has 10 heteroatoms. The van der Waals surface area contributed by atoms with Gasteiger partial charge in [0.25, 0.3) is 10.0 Å². The van der Waals surface area contributed by atoms with E-state index in [0.717, 1.165) is 9.87 Å². The number of ether oxygens (including phenoxy) is 1. The summed E-state index contributed by atoms with van der Waals surface area (Å²) in [5, 5.41) is 2.76. The van der Waals surface area contributed by atoms with Crippen LogP contribution in [0.15, 0.2) is 77.7 Å². The van der Waals surface area contributed by atoms with Gasteiger partial charge in [-0.2, -0.15) is 0 Å². The SMILES string of the molecule is CCCNC(=O)C(C)N(Cc1ccccc1F)C(=O)CN(c1ccc(OCC)cc1)S(=O)(=O)c1ccc(C)cc1. The number of benzene rings is 3. The van der Waals surface area contributed by atoms with Crippen LogP contribution in [0.5, 0.6) is 5.75 Å². The summed E-state index contributed by atoms with van der Waals surface area (Å²) in [4.78, 5) is 28.0. The molecule has 0 radical (unpaired) electrons. The predicted molar refractivity (Wildman–Crippen MR) is 153 cm³/mol. The first-order valence-electron chi connectivity index (χ1n) is 13.2. The summed E-state index contributed by atoms with van der Waals surface area (Å²) >= 11 is 0. The first kappa shape index (κ1) is 30.6. The Morgan fingerprint density at radius 1 is 0.975 bits per heavy atom. The Morgan fingerprint density at radius 3 is 2.23 bits per heavy atom. The molecule has 0 fully saturated rings. The number of anilines is 1. The monoisotopic (exact) mass is 569 g/mol. The van der Waals surface area contributed by atoms with E-state index in [1.54, 1.807) is 49.4 Å². The van der Waals surface area contributed by atoms with E-state index in [9.17, 15) is 22.4 Å². The minimum absolute atomic E-state index is 0.00850. The first-order chi connectivity index (χ1) is 19.1. The lowest BCUT2D eigenvalue weighted by molar-refractivity contribution is -0.139. The lowest BCUT2D eigenvalue weighted by atomic mass is 10.1. The van der Waals surface area contributed by atoms with Gasteiger partial charge in [0.15, 0.2) is 0 Å². The molecule has 0 aromatic heterocycles. The standard InChI is InChI=1S/C30H36FN3O5S/c1-5-19-32-30(36)23(4)33(20-24-9-7-8-10-28(24)31)29(35)21-34(25-13-15-26(16-14-25)39-6-2)40(37,38)27-17-11-22(3)12-18-27/h7-18,23H,5-6,19-21H2,1-4H3,(H,32,36). The van der Waals surface area contributed by atoms with Crippen LogP contribution >= 0.6 is 0 Å². The Kier molecular flexibility index (Phi) is 10.7. The summed E-state index contributed by atoms with van der Waals surface area (Å²) in [5.74, 6) is -1.06. The number of carbonyl (C=O) groups is 2. The fourth-order valence-electron chi connectivity index (χ4n) is 4.03. The molecule has 214 valence electrons. The number of nitrogens with zero attached hydrogens (tertiary/aromatic N) is 2. The van der Waals surface area contributed by atoms with Gasteiger partial charge < -0.3 is 15.0 Å². The zero-order valence-corrected chi connectivity index (χ0v) is 24.1. The van der Waals surface area contributed by atoms with Gasteiger partial charge in [0.2, 0.25) is 11.8 Å². The third-order valence-electron chi connectivity index (χ3n) is 6.34. The molecule has 0 saturated carbocycles. The third-order valence-corrected chi connectivity index (χ3v) is 8.13. The van der Waals surface area contributed by atoms with Crippen molar-refractivity contribution in [3.05, 3.63) is 89.7 Å². The zero-order chi connectivity index (χ0) is 29.3. The predicted octanol–water partition coefficient (Wildman–Crippen LogP) is 4.67. The van der Waals surface area contributed by atoms with E-state index < -0.39 is 40.2 Å². The average Bonchev–Trinajstić information content (AvgIpc) is 2.94. The van der Waals surface area contributed by atoms with E-state index >= 15 is 0 Å². The van der Waals surface area contributed by atoms with Crippen molar-refractivity contribution in [3.8, 4) is 5.75 Å². The topological polar surface area (TPSA) is 96.0 Å². The molecular formula is C30H36FN3O5S. The number of hydrogen-bond acceptors (Lipinski definition) is 5. The van der Waals surface area contributed by atoms with Crippen molar-refractivity contribution in [2.45, 2.75) is 51.6 Å². The summed E-state index contributed by atoms with van der Waals surface area (Å²) in [5.41, 5.74) is 1.33.